The van der Waals surface area contributed by atoms with Crippen LogP contribution < -0.4 is 21.5 Å². The number of carbonyl (C=O) groups excluding carboxylic acids is 2. The third-order valence-corrected chi connectivity index (χ3v) is 8.25. The van der Waals surface area contributed by atoms with Crippen molar-refractivity contribution >= 4 is 50.3 Å². The number of likely N-dealkylation sites (tertiary alicyclic amines) is 1. The van der Waals surface area contributed by atoms with Gasteiger partial charge in [0.25, 0.3) is 0 Å². The van der Waals surface area contributed by atoms with Crippen LogP contribution in [0.15, 0.2) is 52.4 Å². The number of aliphatic imine (C=N–C) groups is 1. The van der Waals surface area contributed by atoms with E-state index in [-0.39, 0.29) is 22.0 Å². The van der Waals surface area contributed by atoms with Gasteiger partial charge in [-0.05, 0) is 48.4 Å². The Bertz CT molecular complexity index is 1180. The predicted molar refractivity (Wildman–Crippen MR) is 139 cm³/mol. The normalized spacial score (nSPS) is 17.9. The lowest BCUT2D eigenvalue weighted by Crippen LogP contribution is -2.49. The van der Waals surface area contributed by atoms with Crippen LogP contribution in [-0.2, 0) is 19.6 Å². The van der Waals surface area contributed by atoms with Gasteiger partial charge in [0.2, 0.25) is 21.8 Å². The molecule has 1 fully saturated rings. The first kappa shape index (κ1) is 26.8. The molecule has 12 heteroatoms. The number of sulfonamides is 1. The van der Waals surface area contributed by atoms with Crippen molar-refractivity contribution in [1.82, 2.24) is 14.9 Å². The Morgan fingerprint density at radius 3 is 2.60 bits per heavy atom. The van der Waals surface area contributed by atoms with Gasteiger partial charge >= 0.3 is 0 Å². The topological polar surface area (TPSA) is 160 Å². The lowest BCUT2D eigenvalue weighted by molar-refractivity contribution is -0.137. The molecule has 0 aromatic heterocycles. The van der Waals surface area contributed by atoms with Crippen LogP contribution in [0.5, 0.6) is 0 Å². The standard InChI is InChI=1S/C23H32N6O4S2/c1-34-18-13-20(22(31)26-10-4-5-11-27-23(24)25)29(15-18)21(30)14-28-35(32,33)19-9-8-16-6-2-3-7-17(16)12-19/h2-3,6-9,12,18,20,28H,4-5,10-11,13-15H2,1H3,(H,26,31)(H4,24,25,27)/t18?,20-/m0/s1. The summed E-state index contributed by atoms with van der Waals surface area (Å²) in [7, 11) is -3.89. The summed E-state index contributed by atoms with van der Waals surface area (Å²) < 4.78 is 28.0. The lowest BCUT2D eigenvalue weighted by atomic mass is 10.1. The molecule has 2 aromatic carbocycles. The Kier molecular flexibility index (Phi) is 9.35. The molecule has 0 bridgehead atoms. The Labute approximate surface area is 209 Å². The van der Waals surface area contributed by atoms with Crippen molar-refractivity contribution in [2.45, 2.75) is 35.4 Å². The fourth-order valence-electron chi connectivity index (χ4n) is 3.94. The summed E-state index contributed by atoms with van der Waals surface area (Å²) in [6.07, 6.45) is 3.86. The zero-order chi connectivity index (χ0) is 25.4. The molecule has 0 saturated carbocycles. The molecule has 1 aliphatic rings. The quantitative estimate of drug-likeness (QED) is 0.192. The second kappa shape index (κ2) is 12.2. The number of guanidine groups is 1. The first-order valence-electron chi connectivity index (χ1n) is 11.3. The molecule has 0 aliphatic carbocycles. The number of nitrogens with one attached hydrogen (secondary N) is 2. The molecular formula is C23H32N6O4S2. The fourth-order valence-corrected chi connectivity index (χ4v) is 5.64. The van der Waals surface area contributed by atoms with E-state index < -0.39 is 28.5 Å². The Balaban J connectivity index is 1.58. The van der Waals surface area contributed by atoms with Crippen molar-refractivity contribution in [3.63, 3.8) is 0 Å². The molecule has 1 saturated heterocycles. The lowest BCUT2D eigenvalue weighted by Gasteiger charge is -2.24. The molecule has 0 radical (unpaired) electrons. The van der Waals surface area contributed by atoms with Crippen LogP contribution in [-0.4, -0.2) is 74.8 Å². The summed E-state index contributed by atoms with van der Waals surface area (Å²) >= 11 is 1.58. The molecule has 2 amide bonds. The van der Waals surface area contributed by atoms with Crippen LogP contribution in [0, 0.1) is 0 Å². The average Bonchev–Trinajstić information content (AvgIpc) is 3.29. The van der Waals surface area contributed by atoms with E-state index in [1.807, 2.05) is 30.5 Å². The predicted octanol–water partition coefficient (Wildman–Crippen LogP) is 0.620. The maximum atomic E-state index is 13.0. The molecule has 2 atom stereocenters. The van der Waals surface area contributed by atoms with Crippen LogP contribution in [0.25, 0.3) is 10.8 Å². The average molecular weight is 521 g/mol. The Hall–Kier alpha value is -2.83. The molecule has 0 spiro atoms. The van der Waals surface area contributed by atoms with E-state index >= 15 is 0 Å². The van der Waals surface area contributed by atoms with Gasteiger partial charge in [0.05, 0.1) is 11.4 Å². The van der Waals surface area contributed by atoms with Crippen molar-refractivity contribution < 1.29 is 18.0 Å². The monoisotopic (exact) mass is 520 g/mol. The summed E-state index contributed by atoms with van der Waals surface area (Å²) in [5.41, 5.74) is 10.6. The van der Waals surface area contributed by atoms with Gasteiger partial charge < -0.3 is 21.7 Å². The fraction of sp³-hybridized carbons (Fsp3) is 0.435. The van der Waals surface area contributed by atoms with E-state index in [0.29, 0.717) is 32.5 Å². The van der Waals surface area contributed by atoms with Crippen LogP contribution >= 0.6 is 11.8 Å². The second-order valence-electron chi connectivity index (χ2n) is 8.29. The highest BCUT2D eigenvalue weighted by atomic mass is 32.2. The molecule has 1 aliphatic heterocycles. The number of hydrogen-bond acceptors (Lipinski definition) is 6. The number of hydrogen-bond donors (Lipinski definition) is 4. The SMILES string of the molecule is CSC1C[C@@H](C(=O)NCCCCN=C(N)N)N(C(=O)CNS(=O)(=O)c2ccc3ccccc3c2)C1. The van der Waals surface area contributed by atoms with Crippen LogP contribution in [0.2, 0.25) is 0 Å². The molecule has 35 heavy (non-hydrogen) atoms. The van der Waals surface area contributed by atoms with Crippen LogP contribution in [0.3, 0.4) is 0 Å². The molecule has 6 N–H and O–H groups in total. The van der Waals surface area contributed by atoms with Gasteiger partial charge in [0.1, 0.15) is 6.04 Å². The zero-order valence-electron chi connectivity index (χ0n) is 19.6. The largest absolute Gasteiger partial charge is 0.370 e. The van der Waals surface area contributed by atoms with Gasteiger partial charge in [-0.15, -0.1) is 0 Å². The maximum absolute atomic E-state index is 13.0. The number of benzene rings is 2. The third kappa shape index (κ3) is 7.33. The van der Waals surface area contributed by atoms with Gasteiger partial charge in [-0.3, -0.25) is 14.6 Å². The Morgan fingerprint density at radius 2 is 1.89 bits per heavy atom. The van der Waals surface area contributed by atoms with Crippen molar-refractivity contribution in [2.75, 3.05) is 32.4 Å². The number of amides is 2. The number of thioether (sulfide) groups is 1. The van der Waals surface area contributed by atoms with Gasteiger partial charge in [-0.2, -0.15) is 11.8 Å². The summed E-state index contributed by atoms with van der Waals surface area (Å²) in [6.45, 7) is 0.896. The minimum atomic E-state index is -3.89. The number of nitrogens with zero attached hydrogens (tertiary/aromatic N) is 2. The van der Waals surface area contributed by atoms with E-state index in [1.165, 1.54) is 11.0 Å². The molecular weight excluding hydrogens is 488 g/mol. The van der Waals surface area contributed by atoms with Gasteiger partial charge in [0, 0.05) is 24.9 Å². The molecule has 1 heterocycles. The number of nitrogens with two attached hydrogens (primary N) is 2. The second-order valence-corrected chi connectivity index (χ2v) is 11.2. The first-order chi connectivity index (χ1) is 16.7. The minimum Gasteiger partial charge on any atom is -0.370 e. The summed E-state index contributed by atoms with van der Waals surface area (Å²) in [5.74, 6) is -0.638. The molecule has 2 aromatic rings. The summed E-state index contributed by atoms with van der Waals surface area (Å²) in [4.78, 5) is 31.2. The van der Waals surface area contributed by atoms with Gasteiger partial charge in [-0.1, -0.05) is 30.3 Å². The van der Waals surface area contributed by atoms with E-state index in [4.69, 9.17) is 11.5 Å². The molecule has 10 nitrogen and oxygen atoms in total. The van der Waals surface area contributed by atoms with E-state index in [2.05, 4.69) is 15.0 Å². The highest BCUT2D eigenvalue weighted by Gasteiger charge is 2.39. The molecule has 1 unspecified atom stereocenters. The van der Waals surface area contributed by atoms with Crippen molar-refractivity contribution in [3.8, 4) is 0 Å². The van der Waals surface area contributed by atoms with Crippen molar-refractivity contribution in [3.05, 3.63) is 42.5 Å². The smallest absolute Gasteiger partial charge is 0.242 e. The van der Waals surface area contributed by atoms with E-state index in [0.717, 1.165) is 17.2 Å². The maximum Gasteiger partial charge on any atom is 0.242 e. The van der Waals surface area contributed by atoms with E-state index in [1.54, 1.807) is 23.9 Å². The first-order valence-corrected chi connectivity index (χ1v) is 14.1. The highest BCUT2D eigenvalue weighted by Crippen LogP contribution is 2.26. The zero-order valence-corrected chi connectivity index (χ0v) is 21.3. The van der Waals surface area contributed by atoms with Crippen LogP contribution in [0.4, 0.5) is 0 Å². The van der Waals surface area contributed by atoms with Crippen molar-refractivity contribution in [2.24, 2.45) is 16.5 Å². The number of rotatable bonds is 11. The minimum absolute atomic E-state index is 0.0356. The number of fused-ring (bicyclic) bond motifs is 1. The number of unbranched alkanes of at least 4 members (excludes halogenated alkanes) is 1. The number of carbonyl (C=O) groups is 2. The highest BCUT2D eigenvalue weighted by molar-refractivity contribution is 7.99. The van der Waals surface area contributed by atoms with E-state index in [9.17, 15) is 18.0 Å². The molecule has 190 valence electrons. The van der Waals surface area contributed by atoms with Gasteiger partial charge in [0.15, 0.2) is 5.96 Å². The molecule has 3 rings (SSSR count). The van der Waals surface area contributed by atoms with Crippen molar-refractivity contribution in [1.29, 1.82) is 0 Å². The summed E-state index contributed by atoms with van der Waals surface area (Å²) in [6, 6.07) is 11.6. The summed E-state index contributed by atoms with van der Waals surface area (Å²) in [5, 5.41) is 4.69. The van der Waals surface area contributed by atoms with Crippen LogP contribution in [0.1, 0.15) is 19.3 Å². The third-order valence-electron chi connectivity index (χ3n) is 5.84. The van der Waals surface area contributed by atoms with Gasteiger partial charge in [-0.25, -0.2) is 13.1 Å². The Morgan fingerprint density at radius 1 is 1.14 bits per heavy atom.